The first-order valence-corrected chi connectivity index (χ1v) is 9.80. The van der Waals surface area contributed by atoms with E-state index in [1.807, 2.05) is 19.2 Å². The smallest absolute Gasteiger partial charge is 0.190 e. The summed E-state index contributed by atoms with van der Waals surface area (Å²) >= 11 is 0. The lowest BCUT2D eigenvalue weighted by atomic mass is 9.67. The number of benzene rings is 1. The van der Waals surface area contributed by atoms with Crippen molar-refractivity contribution in [3.05, 3.63) is 29.8 Å². The van der Waals surface area contributed by atoms with Crippen LogP contribution < -0.4 is 15.4 Å². The highest BCUT2D eigenvalue weighted by atomic mass is 16.5. The summed E-state index contributed by atoms with van der Waals surface area (Å²) in [6, 6.07) is 8.21. The molecule has 0 spiro atoms. The molecule has 1 aliphatic carbocycles. The van der Waals surface area contributed by atoms with Crippen LogP contribution in [0.2, 0.25) is 0 Å². The number of aliphatic imine (C=N–C) groups is 1. The molecule has 0 unspecified atom stereocenters. The third kappa shape index (κ3) is 6.87. The van der Waals surface area contributed by atoms with Crippen molar-refractivity contribution in [2.75, 3.05) is 40.5 Å². The van der Waals surface area contributed by atoms with Gasteiger partial charge in [0, 0.05) is 33.9 Å². The van der Waals surface area contributed by atoms with Crippen LogP contribution in [-0.2, 0) is 4.74 Å². The van der Waals surface area contributed by atoms with E-state index >= 15 is 0 Å². The molecule has 1 saturated carbocycles. The normalized spacial score (nSPS) is 16.0. The number of guanidine groups is 1. The highest BCUT2D eigenvalue weighted by Gasteiger charge is 2.36. The van der Waals surface area contributed by atoms with E-state index in [2.05, 4.69) is 34.7 Å². The van der Waals surface area contributed by atoms with Crippen LogP contribution in [0.25, 0.3) is 0 Å². The summed E-state index contributed by atoms with van der Waals surface area (Å²) in [6.07, 6.45) is 7.12. The van der Waals surface area contributed by atoms with Gasteiger partial charge in [-0.1, -0.05) is 24.1 Å². The SMILES string of the molecule is CN=C(NCCCCOc1ccc(C)cc1)NCC1(CCOC)CCC1. The maximum absolute atomic E-state index is 5.76. The van der Waals surface area contributed by atoms with Crippen molar-refractivity contribution in [3.63, 3.8) is 0 Å². The third-order valence-electron chi connectivity index (χ3n) is 5.26. The van der Waals surface area contributed by atoms with E-state index < -0.39 is 0 Å². The first kappa shape index (κ1) is 20.6. The number of aryl methyl sites for hydroxylation is 1. The largest absolute Gasteiger partial charge is 0.494 e. The van der Waals surface area contributed by atoms with Gasteiger partial charge >= 0.3 is 0 Å². The topological polar surface area (TPSA) is 54.9 Å². The second kappa shape index (κ2) is 11.1. The van der Waals surface area contributed by atoms with Crippen LogP contribution in [0.5, 0.6) is 5.75 Å². The molecular formula is C21H35N3O2. The number of unbranched alkanes of at least 4 members (excludes halogenated alkanes) is 1. The summed E-state index contributed by atoms with van der Waals surface area (Å²) < 4.78 is 11.0. The number of hydrogen-bond donors (Lipinski definition) is 2. The van der Waals surface area contributed by atoms with Crippen LogP contribution in [0.15, 0.2) is 29.3 Å². The van der Waals surface area contributed by atoms with Crippen LogP contribution in [-0.4, -0.2) is 46.4 Å². The molecule has 1 aliphatic rings. The first-order valence-electron chi connectivity index (χ1n) is 9.80. The van der Waals surface area contributed by atoms with Gasteiger partial charge in [-0.2, -0.15) is 0 Å². The Morgan fingerprint density at radius 3 is 2.50 bits per heavy atom. The molecule has 0 aromatic heterocycles. The fraction of sp³-hybridized carbons (Fsp3) is 0.667. The van der Waals surface area contributed by atoms with E-state index in [9.17, 15) is 0 Å². The molecule has 0 amide bonds. The lowest BCUT2D eigenvalue weighted by Crippen LogP contribution is -2.47. The standard InChI is InChI=1S/C21H35N3O2/c1-18-7-9-19(10-8-18)26-15-5-4-14-23-20(22-2)24-17-21(11-6-12-21)13-16-25-3/h7-10H,4-6,11-17H2,1-3H3,(H2,22,23,24). The zero-order valence-electron chi connectivity index (χ0n) is 16.6. The summed E-state index contributed by atoms with van der Waals surface area (Å²) in [5.74, 6) is 1.84. The Kier molecular flexibility index (Phi) is 8.75. The monoisotopic (exact) mass is 361 g/mol. The van der Waals surface area contributed by atoms with Crippen LogP contribution in [0, 0.1) is 12.3 Å². The fourth-order valence-electron chi connectivity index (χ4n) is 3.26. The molecule has 0 atom stereocenters. The van der Waals surface area contributed by atoms with Gasteiger partial charge in [0.2, 0.25) is 0 Å². The second-order valence-electron chi connectivity index (χ2n) is 7.32. The van der Waals surface area contributed by atoms with E-state index in [0.717, 1.165) is 57.3 Å². The number of nitrogens with one attached hydrogen (secondary N) is 2. The van der Waals surface area contributed by atoms with E-state index in [1.54, 1.807) is 7.11 Å². The average molecular weight is 362 g/mol. The summed E-state index contributed by atoms with van der Waals surface area (Å²) in [5.41, 5.74) is 1.65. The Morgan fingerprint density at radius 1 is 1.12 bits per heavy atom. The van der Waals surface area contributed by atoms with Crippen molar-refractivity contribution in [1.82, 2.24) is 10.6 Å². The molecule has 0 bridgehead atoms. The zero-order chi connectivity index (χ0) is 18.7. The molecule has 0 radical (unpaired) electrons. The predicted molar refractivity (Wildman–Crippen MR) is 108 cm³/mol. The van der Waals surface area contributed by atoms with Crippen molar-refractivity contribution in [3.8, 4) is 5.75 Å². The molecule has 1 aromatic carbocycles. The van der Waals surface area contributed by atoms with Gasteiger partial charge < -0.3 is 20.1 Å². The van der Waals surface area contributed by atoms with Gasteiger partial charge in [0.1, 0.15) is 5.75 Å². The average Bonchev–Trinajstić information content (AvgIpc) is 2.63. The maximum Gasteiger partial charge on any atom is 0.190 e. The van der Waals surface area contributed by atoms with Gasteiger partial charge in [-0.15, -0.1) is 0 Å². The van der Waals surface area contributed by atoms with Gasteiger partial charge in [0.15, 0.2) is 5.96 Å². The van der Waals surface area contributed by atoms with E-state index in [-0.39, 0.29) is 0 Å². The number of nitrogens with zero attached hydrogens (tertiary/aromatic N) is 1. The highest BCUT2D eigenvalue weighted by molar-refractivity contribution is 5.79. The van der Waals surface area contributed by atoms with Crippen molar-refractivity contribution < 1.29 is 9.47 Å². The summed E-state index contributed by atoms with van der Waals surface area (Å²) in [6.45, 7) is 5.56. The molecule has 146 valence electrons. The minimum atomic E-state index is 0.398. The van der Waals surface area contributed by atoms with Gasteiger partial charge in [0.25, 0.3) is 0 Å². The minimum Gasteiger partial charge on any atom is -0.494 e. The molecule has 2 N–H and O–H groups in total. The molecule has 0 heterocycles. The fourth-order valence-corrected chi connectivity index (χ4v) is 3.26. The molecule has 0 aliphatic heterocycles. The highest BCUT2D eigenvalue weighted by Crippen LogP contribution is 2.43. The lowest BCUT2D eigenvalue weighted by Gasteiger charge is -2.42. The Hall–Kier alpha value is -1.75. The van der Waals surface area contributed by atoms with Crippen LogP contribution in [0.3, 0.4) is 0 Å². The van der Waals surface area contributed by atoms with E-state index in [1.165, 1.54) is 24.8 Å². The van der Waals surface area contributed by atoms with Gasteiger partial charge in [-0.3, -0.25) is 4.99 Å². The molecule has 1 fully saturated rings. The van der Waals surface area contributed by atoms with Crippen molar-refractivity contribution in [2.45, 2.75) is 45.4 Å². The number of methoxy groups -OCH3 is 1. The summed E-state index contributed by atoms with van der Waals surface area (Å²) in [4.78, 5) is 4.34. The predicted octanol–water partition coefficient (Wildman–Crippen LogP) is 3.53. The van der Waals surface area contributed by atoms with E-state index in [4.69, 9.17) is 9.47 Å². The first-order chi connectivity index (χ1) is 12.7. The van der Waals surface area contributed by atoms with Crippen LogP contribution in [0.1, 0.15) is 44.1 Å². The zero-order valence-corrected chi connectivity index (χ0v) is 16.6. The van der Waals surface area contributed by atoms with Crippen molar-refractivity contribution in [2.24, 2.45) is 10.4 Å². The Morgan fingerprint density at radius 2 is 1.88 bits per heavy atom. The number of hydrogen-bond acceptors (Lipinski definition) is 3. The molecular weight excluding hydrogens is 326 g/mol. The Balaban J connectivity index is 1.56. The molecule has 1 aromatic rings. The van der Waals surface area contributed by atoms with Gasteiger partial charge in [-0.25, -0.2) is 0 Å². The summed E-state index contributed by atoms with van der Waals surface area (Å²) in [5, 5.41) is 6.90. The van der Waals surface area contributed by atoms with Crippen molar-refractivity contribution >= 4 is 5.96 Å². The Labute approximate surface area is 158 Å². The Bertz CT molecular complexity index is 539. The number of rotatable bonds is 11. The molecule has 26 heavy (non-hydrogen) atoms. The minimum absolute atomic E-state index is 0.398. The summed E-state index contributed by atoms with van der Waals surface area (Å²) in [7, 11) is 3.61. The van der Waals surface area contributed by atoms with Crippen molar-refractivity contribution in [1.29, 1.82) is 0 Å². The van der Waals surface area contributed by atoms with Crippen LogP contribution >= 0.6 is 0 Å². The second-order valence-corrected chi connectivity index (χ2v) is 7.32. The maximum atomic E-state index is 5.76. The van der Waals surface area contributed by atoms with Gasteiger partial charge in [0.05, 0.1) is 6.61 Å². The van der Waals surface area contributed by atoms with Crippen LogP contribution in [0.4, 0.5) is 0 Å². The molecule has 2 rings (SSSR count). The molecule has 0 saturated heterocycles. The van der Waals surface area contributed by atoms with E-state index in [0.29, 0.717) is 5.41 Å². The molecule has 5 heteroatoms. The third-order valence-corrected chi connectivity index (χ3v) is 5.26. The van der Waals surface area contributed by atoms with Gasteiger partial charge in [-0.05, 0) is 56.6 Å². The quantitative estimate of drug-likeness (QED) is 0.360. The molecule has 5 nitrogen and oxygen atoms in total. The number of ether oxygens (including phenoxy) is 2. The lowest BCUT2D eigenvalue weighted by molar-refractivity contribution is 0.0732.